The third-order valence-electron chi connectivity index (χ3n) is 2.86. The molecule has 5 nitrogen and oxygen atoms in total. The first-order valence-corrected chi connectivity index (χ1v) is 7.68. The summed E-state index contributed by atoms with van der Waals surface area (Å²) in [7, 11) is 0. The van der Waals surface area contributed by atoms with Crippen LogP contribution in [0.25, 0.3) is 0 Å². The molecule has 0 saturated heterocycles. The Balaban J connectivity index is 0. The average Bonchev–Trinajstić information content (AvgIpc) is 2.36. The van der Waals surface area contributed by atoms with E-state index < -0.39 is 18.4 Å². The van der Waals surface area contributed by atoms with Gasteiger partial charge in [0.1, 0.15) is 6.42 Å². The highest BCUT2D eigenvalue weighted by Crippen LogP contribution is 2.09. The molecule has 0 saturated carbocycles. The summed E-state index contributed by atoms with van der Waals surface area (Å²) < 4.78 is 0. The number of rotatable bonds is 12. The molecule has 0 spiro atoms. The van der Waals surface area contributed by atoms with Crippen molar-refractivity contribution in [2.75, 3.05) is 6.54 Å². The molecular weight excluding hydrogens is 258 g/mol. The fourth-order valence-corrected chi connectivity index (χ4v) is 1.76. The van der Waals surface area contributed by atoms with E-state index in [0.717, 1.165) is 6.54 Å². The molecule has 0 unspecified atom stereocenters. The third-order valence-corrected chi connectivity index (χ3v) is 2.86. The number of carboxylic acid groups (broad SMARTS) is 2. The van der Waals surface area contributed by atoms with Crippen LogP contribution in [0, 0.1) is 0 Å². The van der Waals surface area contributed by atoms with E-state index in [1.165, 1.54) is 64.2 Å². The zero-order chi connectivity index (χ0) is 15.6. The largest absolute Gasteiger partial charge is 0.481 e. The summed E-state index contributed by atoms with van der Waals surface area (Å²) >= 11 is 0. The summed E-state index contributed by atoms with van der Waals surface area (Å²) in [4.78, 5) is 18.9. The van der Waals surface area contributed by atoms with Crippen LogP contribution in [-0.4, -0.2) is 28.7 Å². The van der Waals surface area contributed by atoms with Crippen LogP contribution >= 0.6 is 0 Å². The molecule has 0 aromatic rings. The molecule has 0 aromatic carbocycles. The quantitative estimate of drug-likeness (QED) is 0.377. The molecule has 0 aliphatic rings. The van der Waals surface area contributed by atoms with Crippen molar-refractivity contribution in [3.8, 4) is 0 Å². The van der Waals surface area contributed by atoms with Gasteiger partial charge in [-0.25, -0.2) is 0 Å². The first-order chi connectivity index (χ1) is 9.54. The van der Waals surface area contributed by atoms with Crippen LogP contribution in [0.2, 0.25) is 0 Å². The Morgan fingerprint density at radius 1 is 0.750 bits per heavy atom. The fourth-order valence-electron chi connectivity index (χ4n) is 1.76. The fraction of sp³-hybridized carbons (Fsp3) is 0.867. The molecular formula is C15H31NO4. The first kappa shape index (κ1) is 21.2. The van der Waals surface area contributed by atoms with E-state index >= 15 is 0 Å². The maximum atomic E-state index is 9.43. The summed E-state index contributed by atoms with van der Waals surface area (Å²) in [6.07, 6.45) is 13.1. The van der Waals surface area contributed by atoms with E-state index in [-0.39, 0.29) is 0 Å². The Bertz CT molecular complexity index is 210. The second-order valence-electron chi connectivity index (χ2n) is 4.93. The second-order valence-corrected chi connectivity index (χ2v) is 4.93. The van der Waals surface area contributed by atoms with Crippen LogP contribution in [0.4, 0.5) is 0 Å². The lowest BCUT2D eigenvalue weighted by Crippen LogP contribution is -2.03. The zero-order valence-electron chi connectivity index (χ0n) is 12.8. The molecule has 0 radical (unpaired) electrons. The molecule has 5 heteroatoms. The normalized spacial score (nSPS) is 9.70. The van der Waals surface area contributed by atoms with Crippen molar-refractivity contribution < 1.29 is 19.8 Å². The summed E-state index contributed by atoms with van der Waals surface area (Å²) in [5.74, 6) is -2.62. The van der Waals surface area contributed by atoms with Gasteiger partial charge in [0.25, 0.3) is 0 Å². The predicted molar refractivity (Wildman–Crippen MR) is 80.8 cm³/mol. The van der Waals surface area contributed by atoms with Gasteiger partial charge in [-0.15, -0.1) is 0 Å². The van der Waals surface area contributed by atoms with Gasteiger partial charge in [-0.2, -0.15) is 0 Å². The Kier molecular flexibility index (Phi) is 19.0. The van der Waals surface area contributed by atoms with Crippen LogP contribution in [0.1, 0.15) is 77.6 Å². The van der Waals surface area contributed by atoms with Crippen LogP contribution in [0.15, 0.2) is 0 Å². The molecule has 0 aliphatic carbocycles. The van der Waals surface area contributed by atoms with Gasteiger partial charge >= 0.3 is 11.9 Å². The average molecular weight is 289 g/mol. The number of unbranched alkanes of at least 4 members (excludes halogenated alkanes) is 9. The molecule has 0 heterocycles. The van der Waals surface area contributed by atoms with Gasteiger partial charge < -0.3 is 15.9 Å². The topological polar surface area (TPSA) is 101 Å². The number of hydrogen-bond donors (Lipinski definition) is 3. The summed E-state index contributed by atoms with van der Waals surface area (Å²) in [5, 5.41) is 15.4. The Hall–Kier alpha value is -1.10. The van der Waals surface area contributed by atoms with Crippen molar-refractivity contribution in [1.29, 1.82) is 0 Å². The molecule has 20 heavy (non-hydrogen) atoms. The molecule has 0 fully saturated rings. The van der Waals surface area contributed by atoms with Crippen molar-refractivity contribution in [3.05, 3.63) is 0 Å². The number of aliphatic carboxylic acids is 2. The van der Waals surface area contributed by atoms with Gasteiger partial charge in [0.2, 0.25) is 0 Å². The molecule has 120 valence electrons. The van der Waals surface area contributed by atoms with Gasteiger partial charge in [0.15, 0.2) is 0 Å². The van der Waals surface area contributed by atoms with Gasteiger partial charge in [-0.3, -0.25) is 9.59 Å². The summed E-state index contributed by atoms with van der Waals surface area (Å²) in [5.41, 5.74) is 5.42. The lowest BCUT2D eigenvalue weighted by atomic mass is 10.1. The lowest BCUT2D eigenvalue weighted by molar-refractivity contribution is -0.147. The molecule has 0 rings (SSSR count). The predicted octanol–water partition coefficient (Wildman–Crippen LogP) is 3.41. The molecule has 4 N–H and O–H groups in total. The standard InChI is InChI=1S/C12H27N.C3H4O4/c1-2-3-4-5-6-7-8-9-10-11-12-13;4-2(5)1-3(6)7/h2-13H2,1H3;1H2,(H,4,5)(H,6,7). The van der Waals surface area contributed by atoms with Gasteiger partial charge in [0, 0.05) is 0 Å². The van der Waals surface area contributed by atoms with Gasteiger partial charge in [0.05, 0.1) is 0 Å². The van der Waals surface area contributed by atoms with Crippen molar-refractivity contribution >= 4 is 11.9 Å². The van der Waals surface area contributed by atoms with Crippen molar-refractivity contribution in [1.82, 2.24) is 0 Å². The van der Waals surface area contributed by atoms with Crippen LogP contribution in [0.3, 0.4) is 0 Å². The number of carbonyl (C=O) groups is 2. The van der Waals surface area contributed by atoms with Crippen LogP contribution < -0.4 is 5.73 Å². The van der Waals surface area contributed by atoms with Gasteiger partial charge in [-0.05, 0) is 13.0 Å². The smallest absolute Gasteiger partial charge is 0.314 e. The Morgan fingerprint density at radius 2 is 1.10 bits per heavy atom. The van der Waals surface area contributed by atoms with E-state index in [1.807, 2.05) is 0 Å². The van der Waals surface area contributed by atoms with Crippen molar-refractivity contribution in [3.63, 3.8) is 0 Å². The molecule has 0 aromatic heterocycles. The monoisotopic (exact) mass is 289 g/mol. The zero-order valence-corrected chi connectivity index (χ0v) is 12.8. The third kappa shape index (κ3) is 25.7. The maximum absolute atomic E-state index is 9.43. The summed E-state index contributed by atoms with van der Waals surface area (Å²) in [6, 6.07) is 0. The molecule has 0 atom stereocenters. The van der Waals surface area contributed by atoms with Gasteiger partial charge in [-0.1, -0.05) is 64.7 Å². The lowest BCUT2D eigenvalue weighted by Gasteiger charge is -2.00. The highest BCUT2D eigenvalue weighted by molar-refractivity contribution is 5.88. The highest BCUT2D eigenvalue weighted by atomic mass is 16.4. The maximum Gasteiger partial charge on any atom is 0.314 e. The Morgan fingerprint density at radius 3 is 1.35 bits per heavy atom. The second kappa shape index (κ2) is 17.9. The van der Waals surface area contributed by atoms with E-state index in [0.29, 0.717) is 0 Å². The van der Waals surface area contributed by atoms with E-state index in [1.54, 1.807) is 0 Å². The Labute approximate surface area is 122 Å². The molecule has 0 aliphatic heterocycles. The summed E-state index contributed by atoms with van der Waals surface area (Å²) in [6.45, 7) is 3.14. The van der Waals surface area contributed by atoms with E-state index in [2.05, 4.69) is 6.92 Å². The SMILES string of the molecule is CCCCCCCCCCCCN.O=C(O)CC(=O)O. The first-order valence-electron chi connectivity index (χ1n) is 7.68. The number of carboxylic acids is 2. The van der Waals surface area contributed by atoms with Crippen molar-refractivity contribution in [2.24, 2.45) is 5.73 Å². The molecule has 0 bridgehead atoms. The van der Waals surface area contributed by atoms with Crippen molar-refractivity contribution in [2.45, 2.75) is 77.6 Å². The number of hydrogen-bond acceptors (Lipinski definition) is 3. The minimum Gasteiger partial charge on any atom is -0.481 e. The van der Waals surface area contributed by atoms with Crippen LogP contribution in [-0.2, 0) is 9.59 Å². The minimum atomic E-state index is -1.31. The highest BCUT2D eigenvalue weighted by Gasteiger charge is 2.01. The van der Waals surface area contributed by atoms with E-state index in [4.69, 9.17) is 15.9 Å². The molecule has 0 amide bonds. The minimum absolute atomic E-state index is 0.806. The van der Waals surface area contributed by atoms with E-state index in [9.17, 15) is 9.59 Å². The van der Waals surface area contributed by atoms with Crippen LogP contribution in [0.5, 0.6) is 0 Å². The number of nitrogens with two attached hydrogens (primary N) is 1.